The average Bonchev–Trinajstić information content (AvgIpc) is 0.740. The molecule has 12 heterocycles. The summed E-state index contributed by atoms with van der Waals surface area (Å²) in [6.45, 7) is 44.3. The number of pyridine rings is 6. The molecular weight excluding hydrogens is 1660 g/mol. The first-order valence-corrected chi connectivity index (χ1v) is 42.2. The molecule has 3 aliphatic rings. The molecule has 3 saturated heterocycles. The minimum atomic E-state index is -1.23. The van der Waals surface area contributed by atoms with Gasteiger partial charge in [-0.15, -0.1) is 0 Å². The first-order chi connectivity index (χ1) is 59.8. The van der Waals surface area contributed by atoms with Crippen LogP contribution in [0.5, 0.6) is 11.5 Å². The molecule has 6 atom stereocenters. The second-order valence-corrected chi connectivity index (χ2v) is 33.8. The molecule has 3 aromatic carbocycles. The predicted molar refractivity (Wildman–Crippen MR) is 484 cm³/mol. The van der Waals surface area contributed by atoms with Crippen molar-refractivity contribution in [2.45, 2.75) is 165 Å². The van der Waals surface area contributed by atoms with Crippen LogP contribution in [0.15, 0.2) is 162 Å². The van der Waals surface area contributed by atoms with Gasteiger partial charge in [0.2, 0.25) is 17.7 Å². The quantitative estimate of drug-likeness (QED) is 0.0712. The maximum Gasteiger partial charge on any atom is 0.355 e. The van der Waals surface area contributed by atoms with E-state index in [1.165, 1.54) is 45.6 Å². The summed E-state index contributed by atoms with van der Waals surface area (Å²) in [5.74, 6) is -4.86. The van der Waals surface area contributed by atoms with E-state index in [1.54, 1.807) is 56.1 Å². The standard InChI is InChI=1S/C32H35ClN6O2.C31H31ClF2N6O3.C31H32F2N6O3/c1-8-26(40)37-16-22(7)38(17-21(37)6)30-24-15-25(33)28(23-12-10-9-11-19(23)4)35-31(24)39(32(41)36-30)29-20(5)13-14-34-27(29)18(2)3;1-7-25(42)38-13-18(6)39(14-17(38)5)29-20-10-21(32)27(19-11-22(33)23(34)12-24(19)41)36-30(20)40(31(43)37-29)28-16(4)8-9-35-26(28)15(2)3;1-7-24(41)37-13-14-38(19(6)18(37)5)29-20-15-22(33)27(25-21(32)9-8-10-23(25)40)35-30(20)39(31(42)36-29)28-17(4)11-12-34-26(28)16(2)3/h8-15,18,21-22H,1,16-17H2,2-7H3;7-12,15,17-18,41H,1,13-14H2,2-6H3;7-12,15-16,18-19,40H,1,13-14H2,2-6H3/t;;18-,19+/m..0/s1. The van der Waals surface area contributed by atoms with Crippen molar-refractivity contribution in [3.63, 3.8) is 0 Å². The Bertz CT molecular complexity index is 6580. The highest BCUT2D eigenvalue weighted by Gasteiger charge is 2.40. The Hall–Kier alpha value is -13.1. The number of rotatable bonds is 15. The van der Waals surface area contributed by atoms with E-state index in [1.807, 2.05) is 143 Å². The van der Waals surface area contributed by atoms with Crippen LogP contribution in [0.2, 0.25) is 10.0 Å². The van der Waals surface area contributed by atoms with Crippen LogP contribution in [0.1, 0.15) is 140 Å². The zero-order valence-electron chi connectivity index (χ0n) is 72.8. The molecule has 26 nitrogen and oxygen atoms in total. The fourth-order valence-electron chi connectivity index (χ4n) is 16.9. The van der Waals surface area contributed by atoms with Crippen molar-refractivity contribution in [2.75, 3.05) is 54.0 Å². The number of hydrogen-bond donors (Lipinski definition) is 2. The van der Waals surface area contributed by atoms with Gasteiger partial charge in [0.1, 0.15) is 40.5 Å². The molecular formula is C94H98Cl2F4N18O8. The van der Waals surface area contributed by atoms with Gasteiger partial charge in [-0.25, -0.2) is 60.6 Å². The fraction of sp³-hybridized carbons (Fsp3) is 0.330. The van der Waals surface area contributed by atoms with E-state index in [9.17, 15) is 52.2 Å². The number of carbonyl (C=O) groups excluding carboxylic acids is 3. The van der Waals surface area contributed by atoms with Gasteiger partial charge in [0.05, 0.1) is 77.3 Å². The zero-order chi connectivity index (χ0) is 91.4. The molecule has 3 aliphatic heterocycles. The number of anilines is 3. The molecule has 0 saturated carbocycles. The van der Waals surface area contributed by atoms with E-state index < -0.39 is 63.1 Å². The van der Waals surface area contributed by atoms with Crippen LogP contribution in [0.25, 0.3) is 83.9 Å². The van der Waals surface area contributed by atoms with E-state index >= 15 is 4.39 Å². The summed E-state index contributed by atoms with van der Waals surface area (Å²) in [4.78, 5) is 132. The molecule has 126 heavy (non-hydrogen) atoms. The summed E-state index contributed by atoms with van der Waals surface area (Å²) in [6.07, 6.45) is 8.94. The predicted octanol–water partition coefficient (Wildman–Crippen LogP) is 16.2. The fourth-order valence-corrected chi connectivity index (χ4v) is 17.4. The minimum absolute atomic E-state index is 0.0234. The lowest BCUT2D eigenvalue weighted by Crippen LogP contribution is -2.59. The van der Waals surface area contributed by atoms with E-state index in [0.29, 0.717) is 118 Å². The van der Waals surface area contributed by atoms with Crippen LogP contribution in [-0.4, -0.2) is 177 Å². The Morgan fingerprint density at radius 2 is 0.817 bits per heavy atom. The van der Waals surface area contributed by atoms with Crippen LogP contribution in [-0.2, 0) is 14.4 Å². The summed E-state index contributed by atoms with van der Waals surface area (Å²) in [5.41, 5.74) is 6.33. The Morgan fingerprint density at radius 1 is 0.421 bits per heavy atom. The molecule has 0 spiro atoms. The van der Waals surface area contributed by atoms with Crippen LogP contribution in [0, 0.1) is 51.0 Å². The van der Waals surface area contributed by atoms with Gasteiger partial charge < -0.3 is 39.6 Å². The van der Waals surface area contributed by atoms with Gasteiger partial charge in [-0.05, 0) is 182 Å². The average molecular weight is 1750 g/mol. The molecule has 0 radical (unpaired) electrons. The van der Waals surface area contributed by atoms with Gasteiger partial charge in [0, 0.05) is 111 Å². The summed E-state index contributed by atoms with van der Waals surface area (Å²) < 4.78 is 63.2. The third-order valence-corrected chi connectivity index (χ3v) is 24.1. The molecule has 9 aromatic heterocycles. The largest absolute Gasteiger partial charge is 0.507 e. The number of fused-ring (bicyclic) bond motifs is 3. The number of aromatic nitrogens is 12. The van der Waals surface area contributed by atoms with Gasteiger partial charge >= 0.3 is 17.1 Å². The number of piperazine rings is 3. The molecule has 0 aliphatic carbocycles. The number of benzene rings is 3. The number of phenols is 2. The number of phenolic OH excluding ortho intramolecular Hbond substituents is 2. The molecule has 3 amide bonds. The minimum Gasteiger partial charge on any atom is -0.507 e. The van der Waals surface area contributed by atoms with E-state index in [-0.39, 0.29) is 111 Å². The molecule has 15 rings (SSSR count). The van der Waals surface area contributed by atoms with Crippen molar-refractivity contribution < 1.29 is 42.2 Å². The Morgan fingerprint density at radius 3 is 1.24 bits per heavy atom. The number of aromatic hydroxyl groups is 2. The molecule has 654 valence electrons. The Labute approximate surface area is 735 Å². The van der Waals surface area contributed by atoms with Gasteiger partial charge in [-0.3, -0.25) is 29.3 Å². The van der Waals surface area contributed by atoms with Gasteiger partial charge in [-0.2, -0.15) is 15.0 Å². The molecule has 2 N–H and O–H groups in total. The van der Waals surface area contributed by atoms with Gasteiger partial charge in [0.15, 0.2) is 34.4 Å². The van der Waals surface area contributed by atoms with Crippen LogP contribution in [0.3, 0.4) is 0 Å². The number of amides is 3. The summed E-state index contributed by atoms with van der Waals surface area (Å²) in [7, 11) is 0. The summed E-state index contributed by atoms with van der Waals surface area (Å²) in [5, 5.41) is 22.8. The smallest absolute Gasteiger partial charge is 0.355 e. The van der Waals surface area contributed by atoms with Crippen molar-refractivity contribution in [3.05, 3.63) is 252 Å². The van der Waals surface area contributed by atoms with Crippen molar-refractivity contribution >= 4 is 91.5 Å². The topological polar surface area (TPSA) is 293 Å². The number of nitrogens with zero attached hydrogens (tertiary/aromatic N) is 18. The first kappa shape index (κ1) is 90.6. The van der Waals surface area contributed by atoms with Crippen molar-refractivity contribution in [1.29, 1.82) is 0 Å². The van der Waals surface area contributed by atoms with Gasteiger partial charge in [0.25, 0.3) is 0 Å². The lowest BCUT2D eigenvalue weighted by molar-refractivity contribution is -0.129. The normalized spacial score (nSPS) is 17.2. The van der Waals surface area contributed by atoms with Crippen molar-refractivity contribution in [1.82, 2.24) is 73.3 Å². The monoisotopic (exact) mass is 1750 g/mol. The van der Waals surface area contributed by atoms with Crippen LogP contribution < -0.4 is 31.8 Å². The highest BCUT2D eigenvalue weighted by atomic mass is 35.5. The van der Waals surface area contributed by atoms with Crippen molar-refractivity contribution in [3.8, 4) is 62.3 Å². The molecule has 12 aromatic rings. The SMILES string of the molecule is C=CC(=O)N1CC(C)N(c2nc(=O)n(-c3c(C)ccnc3C(C)C)c3nc(-c4cc(F)c(F)cc4O)c(Cl)cc23)CC1C.C=CC(=O)N1CC(C)N(c2nc(=O)n(-c3c(C)ccnc3C(C)C)c3nc(-c4ccccc4C)c(Cl)cc23)CC1C.C=CC(=O)N1CCN(c2nc(=O)n(-c3c(C)ccnc3C(C)C)c3nc(-c4c(O)cccc4F)c(F)cc23)[C@H](C)[C@@H]1C. The summed E-state index contributed by atoms with van der Waals surface area (Å²) >= 11 is 13.7. The molecule has 0 bridgehead atoms. The zero-order valence-corrected chi connectivity index (χ0v) is 74.4. The lowest BCUT2D eigenvalue weighted by Gasteiger charge is -2.45. The number of halogens is 6. The Kier molecular flexibility index (Phi) is 26.3. The van der Waals surface area contributed by atoms with E-state index in [4.69, 9.17) is 33.2 Å². The second-order valence-electron chi connectivity index (χ2n) is 33.0. The van der Waals surface area contributed by atoms with Crippen LogP contribution >= 0.6 is 23.2 Å². The third-order valence-electron chi connectivity index (χ3n) is 23.5. The van der Waals surface area contributed by atoms with E-state index in [0.717, 1.165) is 40.1 Å². The number of hydrogen-bond acceptors (Lipinski definition) is 20. The highest BCUT2D eigenvalue weighted by molar-refractivity contribution is 6.34. The van der Waals surface area contributed by atoms with Gasteiger partial charge in [-0.1, -0.05) is 115 Å². The Balaban J connectivity index is 0.000000162. The third kappa shape index (κ3) is 17.0. The maximum absolute atomic E-state index is 15.9. The van der Waals surface area contributed by atoms with Crippen molar-refractivity contribution in [2.24, 2.45) is 0 Å². The molecule has 4 unspecified atom stereocenters. The number of aryl methyl sites for hydroxylation is 4. The molecule has 32 heteroatoms. The molecule has 3 fully saturated rings. The maximum atomic E-state index is 15.9. The van der Waals surface area contributed by atoms with E-state index in [2.05, 4.69) is 73.4 Å². The lowest BCUT2D eigenvalue weighted by atomic mass is 10.0. The second kappa shape index (κ2) is 36.6. The summed E-state index contributed by atoms with van der Waals surface area (Å²) in [6, 6.07) is 21.7. The number of carbonyl (C=O) groups is 3. The first-order valence-electron chi connectivity index (χ1n) is 41.4. The highest BCUT2D eigenvalue weighted by Crippen LogP contribution is 2.43. The van der Waals surface area contributed by atoms with Crippen LogP contribution in [0.4, 0.5) is 35.0 Å².